The van der Waals surface area contributed by atoms with E-state index in [0.29, 0.717) is 16.8 Å². The van der Waals surface area contributed by atoms with Crippen LogP contribution >= 0.6 is 0 Å². The normalized spacial score (nSPS) is 12.1. The Kier molecular flexibility index (Phi) is 2.37. The van der Waals surface area contributed by atoms with Crippen LogP contribution in [0.5, 0.6) is 0 Å². The molecule has 0 fully saturated rings. The molecule has 0 heterocycles. The van der Waals surface area contributed by atoms with Crippen LogP contribution in [-0.4, -0.2) is 12.8 Å². The predicted molar refractivity (Wildman–Crippen MR) is 64.4 cm³/mol. The molecule has 2 nitrogen and oxygen atoms in total. The van der Waals surface area contributed by atoms with Crippen molar-refractivity contribution in [3.8, 4) is 11.1 Å². The number of benzene rings is 2. The van der Waals surface area contributed by atoms with Gasteiger partial charge in [0.25, 0.3) is 0 Å². The van der Waals surface area contributed by atoms with E-state index in [1.807, 2.05) is 0 Å². The van der Waals surface area contributed by atoms with Crippen LogP contribution in [0.3, 0.4) is 0 Å². The van der Waals surface area contributed by atoms with E-state index in [4.69, 9.17) is 4.84 Å². The van der Waals surface area contributed by atoms with E-state index < -0.39 is 0 Å². The molecule has 90 valence electrons. The Morgan fingerprint density at radius 2 is 1.33 bits per heavy atom. The Morgan fingerprint density at radius 1 is 0.833 bits per heavy atom. The molecule has 0 bridgehead atoms. The smallest absolute Gasteiger partial charge is 0.123 e. The number of oxime groups is 1. The standard InChI is InChI=1S/C14H9F2NO/c1-18-17-14-12-6-8(15)2-4-10(12)11-5-3-9(16)7-13(11)14/h2-7H,1H3. The highest BCUT2D eigenvalue weighted by molar-refractivity contribution is 6.24. The third-order valence-electron chi connectivity index (χ3n) is 2.95. The van der Waals surface area contributed by atoms with Gasteiger partial charge in [0, 0.05) is 11.1 Å². The van der Waals surface area contributed by atoms with Crippen molar-refractivity contribution in [3.63, 3.8) is 0 Å². The summed E-state index contributed by atoms with van der Waals surface area (Å²) in [6.07, 6.45) is 0. The number of hydrogen-bond acceptors (Lipinski definition) is 2. The molecular weight excluding hydrogens is 236 g/mol. The van der Waals surface area contributed by atoms with Crippen LogP contribution in [0.15, 0.2) is 41.6 Å². The molecule has 1 aliphatic carbocycles. The third kappa shape index (κ3) is 1.49. The molecule has 0 saturated carbocycles. The van der Waals surface area contributed by atoms with E-state index in [1.165, 1.54) is 31.4 Å². The number of rotatable bonds is 1. The van der Waals surface area contributed by atoms with Crippen molar-refractivity contribution in [2.75, 3.05) is 7.11 Å². The summed E-state index contributed by atoms with van der Waals surface area (Å²) in [5.74, 6) is -0.711. The predicted octanol–water partition coefficient (Wildman–Crippen LogP) is 3.34. The van der Waals surface area contributed by atoms with Gasteiger partial charge in [-0.05, 0) is 35.4 Å². The van der Waals surface area contributed by atoms with Crippen molar-refractivity contribution < 1.29 is 13.6 Å². The molecule has 0 spiro atoms. The lowest BCUT2D eigenvalue weighted by Gasteiger charge is -2.00. The van der Waals surface area contributed by atoms with Gasteiger partial charge in [-0.3, -0.25) is 0 Å². The molecule has 2 aromatic carbocycles. The van der Waals surface area contributed by atoms with Gasteiger partial charge in [-0.2, -0.15) is 0 Å². The molecule has 18 heavy (non-hydrogen) atoms. The second kappa shape index (κ2) is 3.91. The molecule has 0 aliphatic heterocycles. The molecule has 3 rings (SSSR count). The van der Waals surface area contributed by atoms with Gasteiger partial charge in [-0.1, -0.05) is 17.3 Å². The lowest BCUT2D eigenvalue weighted by molar-refractivity contribution is 0.214. The Labute approximate surface area is 103 Å². The van der Waals surface area contributed by atoms with Gasteiger partial charge in [0.15, 0.2) is 0 Å². The van der Waals surface area contributed by atoms with E-state index in [9.17, 15) is 8.78 Å². The van der Waals surface area contributed by atoms with E-state index in [-0.39, 0.29) is 11.6 Å². The summed E-state index contributed by atoms with van der Waals surface area (Å²) >= 11 is 0. The van der Waals surface area contributed by atoms with Crippen LogP contribution < -0.4 is 0 Å². The number of fused-ring (bicyclic) bond motifs is 3. The molecular formula is C14H9F2NO. The average molecular weight is 245 g/mol. The van der Waals surface area contributed by atoms with Crippen molar-refractivity contribution in [2.45, 2.75) is 0 Å². The first-order valence-corrected chi connectivity index (χ1v) is 5.42. The van der Waals surface area contributed by atoms with Gasteiger partial charge in [0.05, 0.1) is 0 Å². The van der Waals surface area contributed by atoms with Crippen molar-refractivity contribution in [3.05, 3.63) is 59.2 Å². The van der Waals surface area contributed by atoms with Gasteiger partial charge in [-0.15, -0.1) is 0 Å². The summed E-state index contributed by atoms with van der Waals surface area (Å²) in [5, 5.41) is 3.87. The minimum atomic E-state index is -0.356. The second-order valence-electron chi connectivity index (χ2n) is 4.00. The summed E-state index contributed by atoms with van der Waals surface area (Å²) in [5.41, 5.74) is 3.38. The molecule has 0 atom stereocenters. The molecule has 2 aromatic rings. The fraction of sp³-hybridized carbons (Fsp3) is 0.0714. The molecule has 0 N–H and O–H groups in total. The quantitative estimate of drug-likeness (QED) is 0.602. The Hall–Kier alpha value is -2.23. The first-order chi connectivity index (χ1) is 8.70. The SMILES string of the molecule is CON=C1c2cc(F)ccc2-c2ccc(F)cc21. The largest absolute Gasteiger partial charge is 0.399 e. The molecule has 0 saturated heterocycles. The maximum atomic E-state index is 13.3. The number of hydrogen-bond donors (Lipinski definition) is 0. The van der Waals surface area contributed by atoms with Crippen LogP contribution in [0, 0.1) is 11.6 Å². The van der Waals surface area contributed by atoms with Gasteiger partial charge >= 0.3 is 0 Å². The molecule has 0 radical (unpaired) electrons. The van der Waals surface area contributed by atoms with Gasteiger partial charge in [0.1, 0.15) is 24.5 Å². The van der Waals surface area contributed by atoms with Crippen LogP contribution in [-0.2, 0) is 4.84 Å². The first kappa shape index (κ1) is 10.9. The van der Waals surface area contributed by atoms with Crippen LogP contribution in [0.1, 0.15) is 11.1 Å². The highest BCUT2D eigenvalue weighted by Crippen LogP contribution is 2.37. The summed E-state index contributed by atoms with van der Waals surface area (Å²) in [7, 11) is 1.41. The number of nitrogens with zero attached hydrogens (tertiary/aromatic N) is 1. The van der Waals surface area contributed by atoms with Crippen LogP contribution in [0.2, 0.25) is 0 Å². The minimum absolute atomic E-state index is 0.356. The van der Waals surface area contributed by atoms with Gasteiger partial charge < -0.3 is 4.84 Å². The lowest BCUT2D eigenvalue weighted by Crippen LogP contribution is -1.99. The zero-order valence-corrected chi connectivity index (χ0v) is 9.58. The fourth-order valence-electron chi connectivity index (χ4n) is 2.23. The zero-order valence-electron chi connectivity index (χ0n) is 9.58. The van der Waals surface area contributed by atoms with E-state index in [2.05, 4.69) is 5.16 Å². The first-order valence-electron chi connectivity index (χ1n) is 5.42. The van der Waals surface area contributed by atoms with Crippen molar-refractivity contribution in [1.29, 1.82) is 0 Å². The van der Waals surface area contributed by atoms with E-state index in [1.54, 1.807) is 12.1 Å². The Balaban J connectivity index is 2.33. The maximum absolute atomic E-state index is 13.3. The highest BCUT2D eigenvalue weighted by atomic mass is 19.1. The lowest BCUT2D eigenvalue weighted by atomic mass is 10.1. The fourth-order valence-corrected chi connectivity index (χ4v) is 2.23. The summed E-state index contributed by atoms with van der Waals surface area (Å²) in [6.45, 7) is 0. The summed E-state index contributed by atoms with van der Waals surface area (Å²) in [4.78, 5) is 4.76. The van der Waals surface area contributed by atoms with E-state index >= 15 is 0 Å². The summed E-state index contributed by atoms with van der Waals surface area (Å²) in [6, 6.07) is 8.85. The maximum Gasteiger partial charge on any atom is 0.123 e. The second-order valence-corrected chi connectivity index (χ2v) is 4.00. The van der Waals surface area contributed by atoms with Crippen molar-refractivity contribution in [2.24, 2.45) is 5.16 Å². The third-order valence-corrected chi connectivity index (χ3v) is 2.95. The molecule has 1 aliphatic rings. The van der Waals surface area contributed by atoms with Gasteiger partial charge in [0.2, 0.25) is 0 Å². The van der Waals surface area contributed by atoms with Crippen LogP contribution in [0.4, 0.5) is 8.78 Å². The Bertz CT molecular complexity index is 611. The Morgan fingerprint density at radius 3 is 1.78 bits per heavy atom. The van der Waals surface area contributed by atoms with Crippen molar-refractivity contribution in [1.82, 2.24) is 0 Å². The van der Waals surface area contributed by atoms with Crippen molar-refractivity contribution >= 4 is 5.71 Å². The molecule has 0 amide bonds. The molecule has 0 unspecified atom stereocenters. The topological polar surface area (TPSA) is 21.6 Å². The van der Waals surface area contributed by atoms with E-state index in [0.717, 1.165) is 11.1 Å². The van der Waals surface area contributed by atoms with Gasteiger partial charge in [-0.25, -0.2) is 8.78 Å². The van der Waals surface area contributed by atoms with Crippen LogP contribution in [0.25, 0.3) is 11.1 Å². The molecule has 4 heteroatoms. The molecule has 0 aromatic heterocycles. The monoisotopic (exact) mass is 245 g/mol. The number of halogens is 2. The minimum Gasteiger partial charge on any atom is -0.399 e. The average Bonchev–Trinajstić information content (AvgIpc) is 2.63. The highest BCUT2D eigenvalue weighted by Gasteiger charge is 2.26. The summed E-state index contributed by atoms with van der Waals surface area (Å²) < 4.78 is 26.6. The zero-order chi connectivity index (χ0) is 12.7.